The second kappa shape index (κ2) is 3.32. The minimum Gasteiger partial charge on any atom is -0.364 e. The van der Waals surface area contributed by atoms with Gasteiger partial charge in [0.25, 0.3) is 0 Å². The second-order valence-corrected chi connectivity index (χ2v) is 4.70. The van der Waals surface area contributed by atoms with Crippen molar-refractivity contribution >= 4 is 0 Å². The van der Waals surface area contributed by atoms with Crippen molar-refractivity contribution in [2.75, 3.05) is 6.54 Å². The average molecular weight is 203 g/mol. The van der Waals surface area contributed by atoms with Gasteiger partial charge in [0.05, 0.1) is 6.61 Å². The molecular formula is C13H17NO. The first-order chi connectivity index (χ1) is 7.31. The van der Waals surface area contributed by atoms with Gasteiger partial charge < -0.3 is 10.1 Å². The Balaban J connectivity index is 2.00. The number of benzene rings is 1. The van der Waals surface area contributed by atoms with E-state index in [9.17, 15) is 0 Å². The van der Waals surface area contributed by atoms with Gasteiger partial charge in [-0.1, -0.05) is 24.3 Å². The molecule has 0 amide bonds. The molecule has 0 aliphatic carbocycles. The quantitative estimate of drug-likeness (QED) is 0.755. The predicted molar refractivity (Wildman–Crippen MR) is 59.6 cm³/mol. The highest BCUT2D eigenvalue weighted by molar-refractivity contribution is 5.36. The number of hydrogen-bond donors (Lipinski definition) is 1. The Morgan fingerprint density at radius 2 is 2.27 bits per heavy atom. The molecule has 15 heavy (non-hydrogen) atoms. The Morgan fingerprint density at radius 3 is 3.07 bits per heavy atom. The lowest BCUT2D eigenvalue weighted by Gasteiger charge is -2.31. The summed E-state index contributed by atoms with van der Waals surface area (Å²) in [7, 11) is 0. The largest absolute Gasteiger partial charge is 0.364 e. The minimum atomic E-state index is -0.104. The zero-order valence-electron chi connectivity index (χ0n) is 9.12. The fourth-order valence-electron chi connectivity index (χ4n) is 2.88. The number of nitrogens with one attached hydrogen (secondary N) is 1. The Bertz CT molecular complexity index is 371. The molecule has 2 aliphatic heterocycles. The summed E-state index contributed by atoms with van der Waals surface area (Å²) in [5, 5.41) is 3.55. The molecule has 2 aliphatic rings. The van der Waals surface area contributed by atoms with Crippen molar-refractivity contribution < 1.29 is 4.74 Å². The third kappa shape index (κ3) is 1.32. The molecule has 1 fully saturated rings. The monoisotopic (exact) mass is 203 g/mol. The van der Waals surface area contributed by atoms with Crippen LogP contribution in [0, 0.1) is 0 Å². The maximum Gasteiger partial charge on any atom is 0.106 e. The smallest absolute Gasteiger partial charge is 0.106 e. The van der Waals surface area contributed by atoms with E-state index in [2.05, 4.69) is 36.5 Å². The molecule has 3 rings (SSSR count). The zero-order valence-corrected chi connectivity index (χ0v) is 9.12. The first kappa shape index (κ1) is 9.37. The predicted octanol–water partition coefficient (Wildman–Crippen LogP) is 2.18. The third-order valence-corrected chi connectivity index (χ3v) is 3.80. The Hall–Kier alpha value is -0.860. The van der Waals surface area contributed by atoms with Crippen molar-refractivity contribution in [2.24, 2.45) is 0 Å². The Labute approximate surface area is 90.6 Å². The topological polar surface area (TPSA) is 21.3 Å². The first-order valence-electron chi connectivity index (χ1n) is 5.76. The summed E-state index contributed by atoms with van der Waals surface area (Å²) in [4.78, 5) is 0. The molecule has 1 aromatic carbocycles. The van der Waals surface area contributed by atoms with Gasteiger partial charge in [-0.3, -0.25) is 0 Å². The Morgan fingerprint density at radius 1 is 1.40 bits per heavy atom. The molecule has 2 heteroatoms. The summed E-state index contributed by atoms with van der Waals surface area (Å²) in [5.41, 5.74) is 2.63. The third-order valence-electron chi connectivity index (χ3n) is 3.80. The van der Waals surface area contributed by atoms with E-state index in [0.717, 1.165) is 13.2 Å². The van der Waals surface area contributed by atoms with Gasteiger partial charge in [-0.15, -0.1) is 0 Å². The molecule has 2 nitrogen and oxygen atoms in total. The summed E-state index contributed by atoms with van der Waals surface area (Å²) < 4.78 is 6.03. The van der Waals surface area contributed by atoms with Crippen LogP contribution < -0.4 is 5.32 Å². The van der Waals surface area contributed by atoms with Crippen LogP contribution in [0.5, 0.6) is 0 Å². The SMILES string of the molecule is C[C@@]1([C@H]2CCCN2)OCc2ccccc21. The van der Waals surface area contributed by atoms with Gasteiger partial charge >= 0.3 is 0 Å². The average Bonchev–Trinajstić information content (AvgIpc) is 2.88. The van der Waals surface area contributed by atoms with Crippen LogP contribution in [0.3, 0.4) is 0 Å². The molecule has 1 saturated heterocycles. The van der Waals surface area contributed by atoms with Gasteiger partial charge in [0.2, 0.25) is 0 Å². The molecule has 0 unspecified atom stereocenters. The fraction of sp³-hybridized carbons (Fsp3) is 0.538. The molecule has 0 saturated carbocycles. The fourth-order valence-corrected chi connectivity index (χ4v) is 2.88. The van der Waals surface area contributed by atoms with E-state index >= 15 is 0 Å². The summed E-state index contributed by atoms with van der Waals surface area (Å²) in [6.07, 6.45) is 2.50. The lowest BCUT2D eigenvalue weighted by Crippen LogP contribution is -2.42. The van der Waals surface area contributed by atoms with Crippen LogP contribution in [-0.4, -0.2) is 12.6 Å². The lowest BCUT2D eigenvalue weighted by molar-refractivity contribution is -0.0471. The van der Waals surface area contributed by atoms with Crippen LogP contribution in [0.15, 0.2) is 24.3 Å². The van der Waals surface area contributed by atoms with Crippen molar-refractivity contribution in [1.82, 2.24) is 5.32 Å². The van der Waals surface area contributed by atoms with Crippen molar-refractivity contribution in [1.29, 1.82) is 0 Å². The van der Waals surface area contributed by atoms with Crippen molar-refractivity contribution in [3.8, 4) is 0 Å². The van der Waals surface area contributed by atoms with E-state index in [1.165, 1.54) is 24.0 Å². The molecule has 1 aromatic rings. The van der Waals surface area contributed by atoms with Crippen LogP contribution in [-0.2, 0) is 16.9 Å². The minimum absolute atomic E-state index is 0.104. The van der Waals surface area contributed by atoms with Crippen molar-refractivity contribution in [3.05, 3.63) is 35.4 Å². The zero-order chi connectivity index (χ0) is 10.3. The van der Waals surface area contributed by atoms with Crippen LogP contribution in [0.25, 0.3) is 0 Å². The van der Waals surface area contributed by atoms with Gasteiger partial charge in [0.15, 0.2) is 0 Å². The van der Waals surface area contributed by atoms with E-state index in [1.807, 2.05) is 0 Å². The van der Waals surface area contributed by atoms with E-state index < -0.39 is 0 Å². The molecule has 0 spiro atoms. The highest BCUT2D eigenvalue weighted by Crippen LogP contribution is 2.41. The number of rotatable bonds is 1. The molecule has 2 atom stereocenters. The van der Waals surface area contributed by atoms with Gasteiger partial charge in [0, 0.05) is 6.04 Å². The van der Waals surface area contributed by atoms with E-state index in [-0.39, 0.29) is 5.60 Å². The summed E-state index contributed by atoms with van der Waals surface area (Å²) in [6.45, 7) is 4.12. The normalized spacial score (nSPS) is 34.3. The van der Waals surface area contributed by atoms with Gasteiger partial charge in [-0.2, -0.15) is 0 Å². The van der Waals surface area contributed by atoms with Crippen LogP contribution in [0.2, 0.25) is 0 Å². The summed E-state index contributed by atoms with van der Waals surface area (Å²) in [6, 6.07) is 9.08. The Kier molecular flexibility index (Phi) is 2.08. The van der Waals surface area contributed by atoms with Crippen LogP contribution in [0.4, 0.5) is 0 Å². The van der Waals surface area contributed by atoms with Crippen LogP contribution >= 0.6 is 0 Å². The molecule has 0 aromatic heterocycles. The summed E-state index contributed by atoms with van der Waals surface area (Å²) in [5.74, 6) is 0. The maximum absolute atomic E-state index is 6.03. The van der Waals surface area contributed by atoms with Crippen LogP contribution in [0.1, 0.15) is 30.9 Å². The number of fused-ring (bicyclic) bond motifs is 1. The standard InChI is InChI=1S/C13H17NO/c1-13(12-7-4-8-14-12)11-6-3-2-5-10(11)9-15-13/h2-3,5-6,12,14H,4,7-9H2,1H3/t12-,13-/m1/s1. The van der Waals surface area contributed by atoms with Crippen molar-refractivity contribution in [2.45, 2.75) is 38.0 Å². The first-order valence-corrected chi connectivity index (χ1v) is 5.76. The van der Waals surface area contributed by atoms with Gasteiger partial charge in [0.1, 0.15) is 5.60 Å². The molecule has 2 heterocycles. The second-order valence-electron chi connectivity index (χ2n) is 4.70. The molecular weight excluding hydrogens is 186 g/mol. The van der Waals surface area contributed by atoms with E-state index in [1.54, 1.807) is 0 Å². The maximum atomic E-state index is 6.03. The summed E-state index contributed by atoms with van der Waals surface area (Å²) >= 11 is 0. The van der Waals surface area contributed by atoms with Gasteiger partial charge in [-0.05, 0) is 37.4 Å². The molecule has 80 valence electrons. The van der Waals surface area contributed by atoms with Gasteiger partial charge in [-0.25, -0.2) is 0 Å². The number of ether oxygens (including phenoxy) is 1. The van der Waals surface area contributed by atoms with E-state index in [0.29, 0.717) is 6.04 Å². The molecule has 1 N–H and O–H groups in total. The van der Waals surface area contributed by atoms with Crippen molar-refractivity contribution in [3.63, 3.8) is 0 Å². The molecule has 0 bridgehead atoms. The highest BCUT2D eigenvalue weighted by atomic mass is 16.5. The number of hydrogen-bond acceptors (Lipinski definition) is 2. The molecule has 0 radical (unpaired) electrons. The van der Waals surface area contributed by atoms with E-state index in [4.69, 9.17) is 4.74 Å². The highest BCUT2D eigenvalue weighted by Gasteiger charge is 2.43. The lowest BCUT2D eigenvalue weighted by atomic mass is 9.86.